The molecule has 3 fully saturated rings. The predicted octanol–water partition coefficient (Wildman–Crippen LogP) is 2.76. The van der Waals surface area contributed by atoms with Crippen molar-refractivity contribution in [3.8, 4) is 11.1 Å². The molecule has 1 aliphatic carbocycles. The van der Waals surface area contributed by atoms with E-state index < -0.39 is 0 Å². The number of nitrogens with one attached hydrogen (secondary N) is 1. The van der Waals surface area contributed by atoms with E-state index in [1.807, 2.05) is 18.3 Å². The number of aliphatic hydroxyl groups is 1. The number of carbonyl (C=O) groups is 2. The molecule has 1 aromatic carbocycles. The first-order valence-corrected chi connectivity index (χ1v) is 11.6. The van der Waals surface area contributed by atoms with Gasteiger partial charge >= 0.3 is 6.03 Å². The van der Waals surface area contributed by atoms with Crippen LogP contribution in [0.1, 0.15) is 43.6 Å². The van der Waals surface area contributed by atoms with E-state index >= 15 is 0 Å². The van der Waals surface area contributed by atoms with Gasteiger partial charge in [0.2, 0.25) is 5.91 Å². The average Bonchev–Trinajstić information content (AvgIpc) is 2.82. The molecule has 7 nitrogen and oxygen atoms in total. The molecular weight excluding hydrogens is 404 g/mol. The van der Waals surface area contributed by atoms with Gasteiger partial charge in [-0.25, -0.2) is 4.79 Å². The Labute approximate surface area is 188 Å². The summed E-state index contributed by atoms with van der Waals surface area (Å²) in [6.45, 7) is 0.500. The summed E-state index contributed by atoms with van der Waals surface area (Å²) in [4.78, 5) is 33.3. The lowest BCUT2D eigenvalue weighted by Crippen LogP contribution is -2.74. The van der Waals surface area contributed by atoms with Crippen molar-refractivity contribution in [1.29, 1.82) is 0 Å². The summed E-state index contributed by atoms with van der Waals surface area (Å²) < 4.78 is 0. The lowest BCUT2D eigenvalue weighted by molar-refractivity contribution is -0.159. The molecule has 1 aromatic heterocycles. The van der Waals surface area contributed by atoms with Crippen molar-refractivity contribution in [2.45, 2.75) is 56.1 Å². The molecule has 2 aliphatic heterocycles. The Hall–Kier alpha value is -2.93. The van der Waals surface area contributed by atoms with Gasteiger partial charge in [0.15, 0.2) is 0 Å². The summed E-state index contributed by atoms with van der Waals surface area (Å²) in [5.41, 5.74) is 3.21. The van der Waals surface area contributed by atoms with Crippen LogP contribution >= 0.6 is 0 Å². The van der Waals surface area contributed by atoms with E-state index in [1.54, 1.807) is 16.0 Å². The number of fused-ring (bicyclic) bond motifs is 1. The Balaban J connectivity index is 1.31. The number of amides is 3. The Morgan fingerprint density at radius 1 is 1.09 bits per heavy atom. The van der Waals surface area contributed by atoms with Gasteiger partial charge in [0.05, 0.1) is 18.7 Å². The van der Waals surface area contributed by atoms with Crippen molar-refractivity contribution in [3.05, 3.63) is 54.4 Å². The van der Waals surface area contributed by atoms with E-state index in [4.69, 9.17) is 0 Å². The third-order valence-electron chi connectivity index (χ3n) is 7.26. The maximum atomic E-state index is 12.9. The Morgan fingerprint density at radius 3 is 2.56 bits per heavy atom. The van der Waals surface area contributed by atoms with E-state index in [0.29, 0.717) is 6.54 Å². The van der Waals surface area contributed by atoms with Gasteiger partial charge in [-0.1, -0.05) is 49.6 Å². The molecule has 3 heterocycles. The second kappa shape index (κ2) is 8.90. The molecule has 2 N–H and O–H groups in total. The first-order valence-electron chi connectivity index (χ1n) is 11.6. The smallest absolute Gasteiger partial charge is 0.318 e. The maximum absolute atomic E-state index is 12.9. The number of aliphatic hydroxyl groups excluding tert-OH is 1. The molecule has 2 saturated heterocycles. The van der Waals surface area contributed by atoms with E-state index in [-0.39, 0.29) is 49.1 Å². The molecule has 0 spiro atoms. The second-order valence-electron chi connectivity index (χ2n) is 9.17. The minimum atomic E-state index is -0.236. The van der Waals surface area contributed by atoms with Gasteiger partial charge < -0.3 is 20.2 Å². The van der Waals surface area contributed by atoms with Crippen LogP contribution in [0.4, 0.5) is 4.79 Å². The number of rotatable bonds is 4. The van der Waals surface area contributed by atoms with Crippen LogP contribution in [-0.4, -0.2) is 69.7 Å². The van der Waals surface area contributed by atoms with Gasteiger partial charge in [-0.05, 0) is 35.6 Å². The van der Waals surface area contributed by atoms with Crippen LogP contribution in [0.2, 0.25) is 0 Å². The number of hydrogen-bond donors (Lipinski definition) is 2. The summed E-state index contributed by atoms with van der Waals surface area (Å²) >= 11 is 0. The topological polar surface area (TPSA) is 85.8 Å². The van der Waals surface area contributed by atoms with Crippen LogP contribution in [0, 0.1) is 0 Å². The molecule has 2 aromatic rings. The Morgan fingerprint density at radius 2 is 1.88 bits per heavy atom. The SMILES string of the molecule is O=C(NC1CCCCC1)N1CC(=O)N2[C@H](C1)[C@H](c1ccc(-c3cccnc3)cc1)[C@@H]2CO. The van der Waals surface area contributed by atoms with Crippen molar-refractivity contribution >= 4 is 11.9 Å². The number of piperazine rings is 1. The zero-order valence-corrected chi connectivity index (χ0v) is 18.2. The van der Waals surface area contributed by atoms with Gasteiger partial charge in [-0.3, -0.25) is 9.78 Å². The molecule has 5 rings (SSSR count). The van der Waals surface area contributed by atoms with Gasteiger partial charge in [-0.15, -0.1) is 0 Å². The lowest BCUT2D eigenvalue weighted by atomic mass is 9.73. The highest BCUT2D eigenvalue weighted by Crippen LogP contribution is 2.43. The van der Waals surface area contributed by atoms with Crippen molar-refractivity contribution in [3.63, 3.8) is 0 Å². The quantitative estimate of drug-likeness (QED) is 0.775. The highest BCUT2D eigenvalue weighted by atomic mass is 16.3. The van der Waals surface area contributed by atoms with E-state index in [9.17, 15) is 14.7 Å². The molecule has 0 bridgehead atoms. The molecular formula is C25H30N4O3. The third-order valence-corrected chi connectivity index (χ3v) is 7.26. The molecule has 32 heavy (non-hydrogen) atoms. The second-order valence-corrected chi connectivity index (χ2v) is 9.17. The molecule has 168 valence electrons. The third kappa shape index (κ3) is 3.86. The monoisotopic (exact) mass is 434 g/mol. The van der Waals surface area contributed by atoms with Crippen molar-refractivity contribution in [2.24, 2.45) is 0 Å². The van der Waals surface area contributed by atoms with Crippen LogP contribution in [0.15, 0.2) is 48.8 Å². The minimum Gasteiger partial charge on any atom is -0.394 e. The number of hydrogen-bond acceptors (Lipinski definition) is 4. The number of carbonyl (C=O) groups excluding carboxylic acids is 2. The van der Waals surface area contributed by atoms with Crippen LogP contribution in [0.25, 0.3) is 11.1 Å². The zero-order valence-electron chi connectivity index (χ0n) is 18.2. The normalized spacial score (nSPS) is 25.8. The molecule has 3 atom stereocenters. The summed E-state index contributed by atoms with van der Waals surface area (Å²) in [6, 6.07) is 11.9. The summed E-state index contributed by atoms with van der Waals surface area (Å²) in [7, 11) is 0. The molecule has 1 saturated carbocycles. The van der Waals surface area contributed by atoms with Gasteiger partial charge in [0.1, 0.15) is 6.54 Å². The van der Waals surface area contributed by atoms with Crippen LogP contribution in [-0.2, 0) is 4.79 Å². The van der Waals surface area contributed by atoms with Crippen molar-refractivity contribution < 1.29 is 14.7 Å². The standard InChI is InChI=1S/C25H30N4O3/c30-16-22-24(18-10-8-17(9-11-18)19-5-4-12-26-13-19)21-14-28(15-23(31)29(21)22)25(32)27-20-6-2-1-3-7-20/h4-5,8-13,20-22,24,30H,1-3,6-7,14-16H2,(H,27,32)/t21-,22+,24+/m1/s1. The van der Waals surface area contributed by atoms with E-state index in [1.165, 1.54) is 6.42 Å². The van der Waals surface area contributed by atoms with E-state index in [2.05, 4.69) is 34.6 Å². The Bertz CT molecular complexity index is 959. The molecule has 3 amide bonds. The largest absolute Gasteiger partial charge is 0.394 e. The van der Waals surface area contributed by atoms with Gasteiger partial charge in [0, 0.05) is 30.9 Å². The summed E-state index contributed by atoms with van der Waals surface area (Å²) in [6.07, 6.45) is 9.14. The van der Waals surface area contributed by atoms with Crippen LogP contribution in [0.3, 0.4) is 0 Å². The van der Waals surface area contributed by atoms with Gasteiger partial charge in [0.25, 0.3) is 0 Å². The fourth-order valence-electron chi connectivity index (χ4n) is 5.60. The fourth-order valence-corrected chi connectivity index (χ4v) is 5.60. The Kier molecular flexibility index (Phi) is 5.83. The first kappa shape index (κ1) is 20.9. The van der Waals surface area contributed by atoms with Crippen molar-refractivity contribution in [2.75, 3.05) is 19.7 Å². The maximum Gasteiger partial charge on any atom is 0.318 e. The molecule has 0 unspecified atom stereocenters. The number of benzene rings is 1. The highest BCUT2D eigenvalue weighted by molar-refractivity contribution is 5.87. The molecule has 7 heteroatoms. The highest BCUT2D eigenvalue weighted by Gasteiger charge is 2.54. The van der Waals surface area contributed by atoms with Gasteiger partial charge in [-0.2, -0.15) is 0 Å². The van der Waals surface area contributed by atoms with Crippen molar-refractivity contribution in [1.82, 2.24) is 20.1 Å². The molecule has 3 aliphatic rings. The number of pyridine rings is 1. The average molecular weight is 435 g/mol. The zero-order chi connectivity index (χ0) is 22.1. The number of aromatic nitrogens is 1. The van der Waals surface area contributed by atoms with E-state index in [0.717, 1.165) is 42.4 Å². The minimum absolute atomic E-state index is 0.0113. The number of urea groups is 1. The predicted molar refractivity (Wildman–Crippen MR) is 121 cm³/mol. The van der Waals surface area contributed by atoms with Crippen LogP contribution in [0.5, 0.6) is 0 Å². The fraction of sp³-hybridized carbons (Fsp3) is 0.480. The summed E-state index contributed by atoms with van der Waals surface area (Å²) in [5.74, 6) is -0.0699. The number of nitrogens with zero attached hydrogens (tertiary/aromatic N) is 3. The van der Waals surface area contributed by atoms with Crippen LogP contribution < -0.4 is 5.32 Å². The molecule has 0 radical (unpaired) electrons. The first-order chi connectivity index (χ1) is 15.7. The lowest BCUT2D eigenvalue weighted by Gasteiger charge is -2.58. The summed E-state index contributed by atoms with van der Waals surface area (Å²) in [5, 5.41) is 13.1.